The van der Waals surface area contributed by atoms with Crippen molar-refractivity contribution in [1.82, 2.24) is 4.90 Å². The molecule has 0 saturated carbocycles. The van der Waals surface area contributed by atoms with Gasteiger partial charge in [-0.1, -0.05) is 0 Å². The first kappa shape index (κ1) is 18.0. The Bertz CT molecular complexity index is 970. The number of amides is 1. The van der Waals surface area contributed by atoms with Gasteiger partial charge in [0.15, 0.2) is 23.0 Å². The molecule has 0 bridgehead atoms. The molecule has 0 atom stereocenters. The van der Waals surface area contributed by atoms with Gasteiger partial charge in [0.2, 0.25) is 6.79 Å². The van der Waals surface area contributed by atoms with Crippen molar-refractivity contribution in [2.24, 2.45) is 0 Å². The van der Waals surface area contributed by atoms with Gasteiger partial charge < -0.3 is 29.0 Å². The van der Waals surface area contributed by atoms with Crippen molar-refractivity contribution in [2.75, 3.05) is 27.6 Å². The van der Waals surface area contributed by atoms with Crippen LogP contribution in [0.3, 0.4) is 0 Å². The third-order valence-electron chi connectivity index (χ3n) is 4.99. The van der Waals surface area contributed by atoms with Crippen LogP contribution in [-0.4, -0.2) is 49.4 Å². The molecule has 0 unspecified atom stereocenters. The van der Waals surface area contributed by atoms with E-state index in [-0.39, 0.29) is 24.8 Å². The van der Waals surface area contributed by atoms with Gasteiger partial charge in [-0.05, 0) is 36.2 Å². The van der Waals surface area contributed by atoms with Crippen LogP contribution in [0.1, 0.15) is 31.8 Å². The molecule has 0 saturated heterocycles. The van der Waals surface area contributed by atoms with E-state index >= 15 is 0 Å². The van der Waals surface area contributed by atoms with E-state index in [0.717, 1.165) is 5.56 Å². The Hall–Kier alpha value is -3.42. The van der Waals surface area contributed by atoms with Crippen molar-refractivity contribution in [2.45, 2.75) is 13.0 Å². The molecule has 0 aromatic heterocycles. The van der Waals surface area contributed by atoms with Crippen molar-refractivity contribution in [3.8, 4) is 23.0 Å². The molecule has 1 amide bonds. The first-order valence-electron chi connectivity index (χ1n) is 8.72. The summed E-state index contributed by atoms with van der Waals surface area (Å²) in [5.74, 6) is 0.620. The molecule has 0 aliphatic carbocycles. The minimum atomic E-state index is -1.09. The number of rotatable bonds is 5. The van der Waals surface area contributed by atoms with E-state index in [1.54, 1.807) is 17.0 Å². The van der Waals surface area contributed by atoms with E-state index < -0.39 is 5.97 Å². The Morgan fingerprint density at radius 1 is 1.18 bits per heavy atom. The summed E-state index contributed by atoms with van der Waals surface area (Å²) in [4.78, 5) is 26.4. The Morgan fingerprint density at radius 2 is 1.93 bits per heavy atom. The molecule has 0 fully saturated rings. The van der Waals surface area contributed by atoms with Crippen LogP contribution in [-0.2, 0) is 13.0 Å². The lowest BCUT2D eigenvalue weighted by atomic mass is 9.96. The fourth-order valence-corrected chi connectivity index (χ4v) is 3.61. The molecule has 8 heteroatoms. The molecule has 28 heavy (non-hydrogen) atoms. The second-order valence-corrected chi connectivity index (χ2v) is 6.47. The molecule has 0 radical (unpaired) electrons. The zero-order valence-corrected chi connectivity index (χ0v) is 15.5. The molecule has 8 nitrogen and oxygen atoms in total. The summed E-state index contributed by atoms with van der Waals surface area (Å²) in [7, 11) is 2.92. The number of ether oxygens (including phenoxy) is 4. The van der Waals surface area contributed by atoms with Crippen molar-refractivity contribution < 1.29 is 33.6 Å². The largest absolute Gasteiger partial charge is 0.493 e. The summed E-state index contributed by atoms with van der Waals surface area (Å²) < 4.78 is 21.4. The summed E-state index contributed by atoms with van der Waals surface area (Å²) >= 11 is 0. The number of carboxylic acids is 1. The maximum atomic E-state index is 13.1. The van der Waals surface area contributed by atoms with Crippen LogP contribution in [0, 0.1) is 0 Å². The van der Waals surface area contributed by atoms with Crippen LogP contribution in [0.15, 0.2) is 24.3 Å². The number of methoxy groups -OCH3 is 2. The lowest BCUT2D eigenvalue weighted by Gasteiger charge is -2.30. The molecule has 1 N–H and O–H groups in total. The van der Waals surface area contributed by atoms with E-state index in [0.29, 0.717) is 47.1 Å². The van der Waals surface area contributed by atoms with Gasteiger partial charge in [0.25, 0.3) is 5.91 Å². The summed E-state index contributed by atoms with van der Waals surface area (Å²) in [6.07, 6.45) is 0.631. The van der Waals surface area contributed by atoms with Gasteiger partial charge in [-0.2, -0.15) is 0 Å². The Labute approximate surface area is 161 Å². The first-order chi connectivity index (χ1) is 13.5. The summed E-state index contributed by atoms with van der Waals surface area (Å²) in [5.41, 5.74) is 1.89. The van der Waals surface area contributed by atoms with E-state index in [1.807, 2.05) is 6.07 Å². The number of hydrogen-bond donors (Lipinski definition) is 1. The fourth-order valence-electron chi connectivity index (χ4n) is 3.61. The average Bonchev–Trinajstić information content (AvgIpc) is 3.15. The van der Waals surface area contributed by atoms with Gasteiger partial charge >= 0.3 is 5.97 Å². The number of nitrogens with zero attached hydrogens (tertiary/aromatic N) is 1. The number of aromatic carboxylic acids is 1. The number of carbonyl (C=O) groups excluding carboxylic acids is 1. The maximum Gasteiger partial charge on any atom is 0.336 e. The Balaban J connectivity index is 1.70. The van der Waals surface area contributed by atoms with Gasteiger partial charge in [-0.25, -0.2) is 4.79 Å². The summed E-state index contributed by atoms with van der Waals surface area (Å²) in [5, 5.41) is 9.58. The highest BCUT2D eigenvalue weighted by molar-refractivity contribution is 5.98. The molecular formula is C20H19NO7. The number of hydrogen-bond acceptors (Lipinski definition) is 6. The first-order valence-corrected chi connectivity index (χ1v) is 8.72. The predicted octanol–water partition coefficient (Wildman–Crippen LogP) is 2.33. The zero-order valence-electron chi connectivity index (χ0n) is 15.5. The molecule has 4 rings (SSSR count). The fraction of sp³-hybridized carbons (Fsp3) is 0.300. The van der Waals surface area contributed by atoms with Crippen LogP contribution >= 0.6 is 0 Å². The number of benzene rings is 2. The van der Waals surface area contributed by atoms with Crippen LogP contribution in [0.4, 0.5) is 0 Å². The molecule has 0 spiro atoms. The second-order valence-electron chi connectivity index (χ2n) is 6.47. The monoisotopic (exact) mass is 385 g/mol. The minimum absolute atomic E-state index is 0.0712. The highest BCUT2D eigenvalue weighted by Gasteiger charge is 2.30. The smallest absolute Gasteiger partial charge is 0.336 e. The normalized spacial score (nSPS) is 14.6. The van der Waals surface area contributed by atoms with Gasteiger partial charge in [-0.15, -0.1) is 0 Å². The van der Waals surface area contributed by atoms with Gasteiger partial charge in [0, 0.05) is 17.7 Å². The minimum Gasteiger partial charge on any atom is -0.493 e. The van der Waals surface area contributed by atoms with Gasteiger partial charge in [-0.3, -0.25) is 4.79 Å². The molecule has 2 aliphatic rings. The van der Waals surface area contributed by atoms with Crippen LogP contribution < -0.4 is 18.9 Å². The quantitative estimate of drug-likeness (QED) is 0.844. The maximum absolute atomic E-state index is 13.1. The van der Waals surface area contributed by atoms with Crippen molar-refractivity contribution in [3.63, 3.8) is 0 Å². The summed E-state index contributed by atoms with van der Waals surface area (Å²) in [6, 6.07) is 6.52. The van der Waals surface area contributed by atoms with Crippen LogP contribution in [0.2, 0.25) is 0 Å². The van der Waals surface area contributed by atoms with E-state index in [4.69, 9.17) is 18.9 Å². The molecule has 2 aromatic rings. The van der Waals surface area contributed by atoms with Crippen molar-refractivity contribution >= 4 is 11.9 Å². The van der Waals surface area contributed by atoms with Crippen molar-refractivity contribution in [3.05, 3.63) is 46.5 Å². The average molecular weight is 385 g/mol. The number of carboxylic acid groups (broad SMARTS) is 1. The molecule has 2 aliphatic heterocycles. The molecule has 2 heterocycles. The predicted molar refractivity (Wildman–Crippen MR) is 97.5 cm³/mol. The summed E-state index contributed by atoms with van der Waals surface area (Å²) in [6.45, 7) is 0.679. The zero-order chi connectivity index (χ0) is 19.8. The molecule has 2 aromatic carbocycles. The molecular weight excluding hydrogens is 366 g/mol. The number of carbonyl (C=O) groups is 2. The highest BCUT2D eigenvalue weighted by atomic mass is 16.7. The lowest BCUT2D eigenvalue weighted by Crippen LogP contribution is -2.37. The Morgan fingerprint density at radius 3 is 2.61 bits per heavy atom. The Kier molecular flexibility index (Phi) is 4.46. The third-order valence-corrected chi connectivity index (χ3v) is 4.99. The van der Waals surface area contributed by atoms with Crippen LogP contribution in [0.25, 0.3) is 0 Å². The second kappa shape index (κ2) is 6.95. The van der Waals surface area contributed by atoms with E-state index in [2.05, 4.69) is 0 Å². The number of fused-ring (bicyclic) bond motifs is 2. The van der Waals surface area contributed by atoms with Gasteiger partial charge in [0.05, 0.1) is 26.3 Å². The van der Waals surface area contributed by atoms with Gasteiger partial charge in [0.1, 0.15) is 0 Å². The van der Waals surface area contributed by atoms with E-state index in [9.17, 15) is 14.7 Å². The standard InChI is InChI=1S/C20H19NO7/c1-25-15-4-3-12(20(23)24)14(18(15)26-2)9-21-6-5-11-7-16-17(28-10-27-16)8-13(11)19(21)22/h3-4,7-8H,5-6,9-10H2,1-2H3,(H,23,24). The van der Waals surface area contributed by atoms with Crippen LogP contribution in [0.5, 0.6) is 23.0 Å². The SMILES string of the molecule is COc1ccc(C(=O)O)c(CN2CCc3cc4c(cc3C2=O)OCO4)c1OC. The van der Waals surface area contributed by atoms with E-state index in [1.165, 1.54) is 20.3 Å². The third kappa shape index (κ3) is 2.87. The highest BCUT2D eigenvalue weighted by Crippen LogP contribution is 2.38. The topological polar surface area (TPSA) is 94.5 Å². The lowest BCUT2D eigenvalue weighted by molar-refractivity contribution is 0.0677. The molecule has 146 valence electrons. The van der Waals surface area contributed by atoms with Crippen molar-refractivity contribution in [1.29, 1.82) is 0 Å².